The molecule has 1 aromatic carbocycles. The first-order valence-electron chi connectivity index (χ1n) is 5.30. The molecule has 17 heavy (non-hydrogen) atoms. The van der Waals surface area contributed by atoms with Gasteiger partial charge in [-0.15, -0.1) is 0 Å². The molecule has 0 saturated carbocycles. The molecule has 0 unspecified atom stereocenters. The molecule has 0 aliphatic heterocycles. The SMILES string of the molecule is C[C@@H](N)c1ccccc1Oc1cncc(Cl)c1. The zero-order valence-electron chi connectivity index (χ0n) is 9.43. The lowest BCUT2D eigenvalue weighted by atomic mass is 10.1. The van der Waals surface area contributed by atoms with Gasteiger partial charge in [0.2, 0.25) is 0 Å². The molecular formula is C13H13ClN2O. The molecule has 0 saturated heterocycles. The Hall–Kier alpha value is -1.58. The monoisotopic (exact) mass is 248 g/mol. The van der Waals surface area contributed by atoms with Crippen molar-refractivity contribution in [2.45, 2.75) is 13.0 Å². The molecule has 1 atom stereocenters. The summed E-state index contributed by atoms with van der Waals surface area (Å²) in [6, 6.07) is 9.28. The summed E-state index contributed by atoms with van der Waals surface area (Å²) >= 11 is 5.85. The Kier molecular flexibility index (Phi) is 3.61. The number of hydrogen-bond donors (Lipinski definition) is 1. The van der Waals surface area contributed by atoms with Gasteiger partial charge in [-0.1, -0.05) is 29.8 Å². The standard InChI is InChI=1S/C13H13ClN2O/c1-9(15)12-4-2-3-5-13(12)17-11-6-10(14)7-16-8-11/h2-9H,15H2,1H3/t9-/m1/s1. The average molecular weight is 249 g/mol. The van der Waals surface area contributed by atoms with Crippen molar-refractivity contribution >= 4 is 11.6 Å². The van der Waals surface area contributed by atoms with E-state index < -0.39 is 0 Å². The van der Waals surface area contributed by atoms with Gasteiger partial charge in [0.05, 0.1) is 11.2 Å². The summed E-state index contributed by atoms with van der Waals surface area (Å²) < 4.78 is 5.72. The van der Waals surface area contributed by atoms with Crippen molar-refractivity contribution in [3.63, 3.8) is 0 Å². The van der Waals surface area contributed by atoms with Crippen molar-refractivity contribution in [2.75, 3.05) is 0 Å². The molecule has 1 heterocycles. The van der Waals surface area contributed by atoms with Gasteiger partial charge < -0.3 is 10.5 Å². The molecule has 0 bridgehead atoms. The highest BCUT2D eigenvalue weighted by molar-refractivity contribution is 6.30. The van der Waals surface area contributed by atoms with Gasteiger partial charge in [0.25, 0.3) is 0 Å². The van der Waals surface area contributed by atoms with Crippen LogP contribution >= 0.6 is 11.6 Å². The van der Waals surface area contributed by atoms with Crippen LogP contribution in [0.5, 0.6) is 11.5 Å². The number of nitrogens with zero attached hydrogens (tertiary/aromatic N) is 1. The molecule has 1 aromatic heterocycles. The maximum absolute atomic E-state index is 5.88. The molecule has 0 radical (unpaired) electrons. The summed E-state index contributed by atoms with van der Waals surface area (Å²) in [5.74, 6) is 1.33. The minimum atomic E-state index is -0.0849. The summed E-state index contributed by atoms with van der Waals surface area (Å²) in [6.45, 7) is 1.92. The molecule has 0 amide bonds. The number of hydrogen-bond acceptors (Lipinski definition) is 3. The van der Waals surface area contributed by atoms with Crippen LogP contribution in [-0.2, 0) is 0 Å². The van der Waals surface area contributed by atoms with Crippen molar-refractivity contribution in [3.05, 3.63) is 53.3 Å². The van der Waals surface area contributed by atoms with Crippen molar-refractivity contribution in [1.29, 1.82) is 0 Å². The second-order valence-electron chi connectivity index (χ2n) is 3.77. The average Bonchev–Trinajstić information content (AvgIpc) is 2.29. The number of pyridine rings is 1. The zero-order valence-corrected chi connectivity index (χ0v) is 10.2. The maximum atomic E-state index is 5.88. The Bertz CT molecular complexity index is 514. The number of ether oxygens (including phenoxy) is 1. The fourth-order valence-electron chi connectivity index (χ4n) is 1.52. The van der Waals surface area contributed by atoms with Crippen LogP contribution in [-0.4, -0.2) is 4.98 Å². The van der Waals surface area contributed by atoms with Gasteiger partial charge in [0.1, 0.15) is 11.5 Å². The van der Waals surface area contributed by atoms with E-state index in [0.29, 0.717) is 10.8 Å². The predicted molar refractivity (Wildman–Crippen MR) is 68.4 cm³/mol. The van der Waals surface area contributed by atoms with E-state index in [1.807, 2.05) is 31.2 Å². The fourth-order valence-corrected chi connectivity index (χ4v) is 1.69. The second kappa shape index (κ2) is 5.17. The zero-order chi connectivity index (χ0) is 12.3. The normalized spacial score (nSPS) is 12.2. The topological polar surface area (TPSA) is 48.1 Å². The third-order valence-corrected chi connectivity index (χ3v) is 2.52. The van der Waals surface area contributed by atoms with E-state index in [9.17, 15) is 0 Å². The summed E-state index contributed by atoms with van der Waals surface area (Å²) in [5, 5.41) is 0.542. The van der Waals surface area contributed by atoms with Gasteiger partial charge in [-0.3, -0.25) is 4.98 Å². The van der Waals surface area contributed by atoms with Crippen molar-refractivity contribution in [3.8, 4) is 11.5 Å². The smallest absolute Gasteiger partial charge is 0.147 e. The Balaban J connectivity index is 2.30. The number of benzene rings is 1. The first kappa shape index (κ1) is 11.9. The third kappa shape index (κ3) is 2.96. The van der Waals surface area contributed by atoms with Gasteiger partial charge in [0, 0.05) is 23.9 Å². The largest absolute Gasteiger partial charge is 0.455 e. The summed E-state index contributed by atoms with van der Waals surface area (Å²) in [4.78, 5) is 3.97. The van der Waals surface area contributed by atoms with E-state index in [4.69, 9.17) is 22.1 Å². The molecule has 2 aromatic rings. The Morgan fingerprint density at radius 1 is 1.29 bits per heavy atom. The van der Waals surface area contributed by atoms with E-state index in [1.165, 1.54) is 0 Å². The first-order chi connectivity index (χ1) is 8.16. The third-order valence-electron chi connectivity index (χ3n) is 2.32. The molecule has 0 spiro atoms. The van der Waals surface area contributed by atoms with Gasteiger partial charge in [-0.2, -0.15) is 0 Å². The second-order valence-corrected chi connectivity index (χ2v) is 4.20. The molecule has 2 rings (SSSR count). The molecular weight excluding hydrogens is 236 g/mol. The van der Waals surface area contributed by atoms with E-state index >= 15 is 0 Å². The lowest BCUT2D eigenvalue weighted by molar-refractivity contribution is 0.470. The summed E-state index contributed by atoms with van der Waals surface area (Å²) in [7, 11) is 0. The highest BCUT2D eigenvalue weighted by atomic mass is 35.5. The molecule has 2 N–H and O–H groups in total. The van der Waals surface area contributed by atoms with Crippen LogP contribution in [0.1, 0.15) is 18.5 Å². The van der Waals surface area contributed by atoms with Crippen LogP contribution < -0.4 is 10.5 Å². The number of nitrogens with two attached hydrogens (primary N) is 1. The first-order valence-corrected chi connectivity index (χ1v) is 5.67. The van der Waals surface area contributed by atoms with Crippen LogP contribution in [0.25, 0.3) is 0 Å². The Morgan fingerprint density at radius 2 is 2.06 bits per heavy atom. The molecule has 4 heteroatoms. The van der Waals surface area contributed by atoms with E-state index in [0.717, 1.165) is 11.3 Å². The number of para-hydroxylation sites is 1. The Morgan fingerprint density at radius 3 is 2.76 bits per heavy atom. The maximum Gasteiger partial charge on any atom is 0.147 e. The van der Waals surface area contributed by atoms with E-state index in [-0.39, 0.29) is 6.04 Å². The van der Waals surface area contributed by atoms with Gasteiger partial charge in [-0.25, -0.2) is 0 Å². The van der Waals surface area contributed by atoms with E-state index in [2.05, 4.69) is 4.98 Å². The fraction of sp³-hybridized carbons (Fsp3) is 0.154. The van der Waals surface area contributed by atoms with Crippen LogP contribution in [0, 0.1) is 0 Å². The summed E-state index contributed by atoms with van der Waals surface area (Å²) in [5.41, 5.74) is 6.83. The van der Waals surface area contributed by atoms with Crippen LogP contribution in [0.3, 0.4) is 0 Å². The predicted octanol–water partition coefficient (Wildman–Crippen LogP) is 3.55. The molecule has 3 nitrogen and oxygen atoms in total. The molecule has 0 fully saturated rings. The number of aromatic nitrogens is 1. The number of halogens is 1. The van der Waals surface area contributed by atoms with Gasteiger partial charge >= 0.3 is 0 Å². The van der Waals surface area contributed by atoms with E-state index in [1.54, 1.807) is 18.5 Å². The molecule has 0 aliphatic rings. The quantitative estimate of drug-likeness (QED) is 0.904. The lowest BCUT2D eigenvalue weighted by Gasteiger charge is -2.13. The van der Waals surface area contributed by atoms with Gasteiger partial charge in [0.15, 0.2) is 0 Å². The summed E-state index contributed by atoms with van der Waals surface area (Å²) in [6.07, 6.45) is 3.18. The minimum Gasteiger partial charge on any atom is -0.455 e. The van der Waals surface area contributed by atoms with Crippen molar-refractivity contribution in [1.82, 2.24) is 4.98 Å². The highest BCUT2D eigenvalue weighted by Crippen LogP contribution is 2.28. The van der Waals surface area contributed by atoms with Crippen LogP contribution in [0.4, 0.5) is 0 Å². The Labute approximate surface area is 105 Å². The van der Waals surface area contributed by atoms with Crippen molar-refractivity contribution in [2.24, 2.45) is 5.73 Å². The van der Waals surface area contributed by atoms with Crippen LogP contribution in [0.2, 0.25) is 5.02 Å². The molecule has 88 valence electrons. The lowest BCUT2D eigenvalue weighted by Crippen LogP contribution is -2.06. The highest BCUT2D eigenvalue weighted by Gasteiger charge is 2.08. The molecule has 0 aliphatic carbocycles. The van der Waals surface area contributed by atoms with Crippen molar-refractivity contribution < 1.29 is 4.74 Å². The minimum absolute atomic E-state index is 0.0849. The number of rotatable bonds is 3. The van der Waals surface area contributed by atoms with Gasteiger partial charge in [-0.05, 0) is 13.0 Å². The van der Waals surface area contributed by atoms with Crippen LogP contribution in [0.15, 0.2) is 42.7 Å².